The molecule has 0 radical (unpaired) electrons. The number of rotatable bonds is 4. The summed E-state index contributed by atoms with van der Waals surface area (Å²) in [6.07, 6.45) is 7.08. The van der Waals surface area contributed by atoms with Gasteiger partial charge in [0.05, 0.1) is 10.8 Å². The van der Waals surface area contributed by atoms with Gasteiger partial charge < -0.3 is 9.88 Å². The summed E-state index contributed by atoms with van der Waals surface area (Å²) in [5.41, 5.74) is 0. The summed E-state index contributed by atoms with van der Waals surface area (Å²) < 4.78 is 2.79. The maximum absolute atomic E-state index is 5.74. The van der Waals surface area contributed by atoms with Crippen molar-refractivity contribution in [1.82, 2.24) is 19.5 Å². The lowest BCUT2D eigenvalue weighted by Crippen LogP contribution is -2.22. The van der Waals surface area contributed by atoms with Crippen LogP contribution in [0.2, 0.25) is 5.28 Å². The molecule has 0 aliphatic rings. The van der Waals surface area contributed by atoms with Crippen LogP contribution in [0.15, 0.2) is 29.4 Å². The van der Waals surface area contributed by atoms with Gasteiger partial charge in [-0.3, -0.25) is 0 Å². The van der Waals surface area contributed by atoms with Gasteiger partial charge in [-0.1, -0.05) is 0 Å². The molecule has 0 saturated heterocycles. The summed E-state index contributed by atoms with van der Waals surface area (Å²) in [6.45, 7) is 2.86. The van der Waals surface area contributed by atoms with Crippen LogP contribution in [0.1, 0.15) is 6.92 Å². The molecule has 7 heteroatoms. The van der Waals surface area contributed by atoms with Gasteiger partial charge in [-0.2, -0.15) is 4.98 Å². The number of anilines is 1. The van der Waals surface area contributed by atoms with Crippen molar-refractivity contribution < 1.29 is 0 Å². The fraction of sp³-hybridized carbons (Fsp3) is 0.300. The summed E-state index contributed by atoms with van der Waals surface area (Å²) in [5.74, 6) is 0.692. The van der Waals surface area contributed by atoms with Crippen LogP contribution in [0, 0.1) is 0 Å². The average molecular weight is 317 g/mol. The molecule has 0 aliphatic carbocycles. The number of imidazole rings is 1. The lowest BCUT2D eigenvalue weighted by atomic mass is 10.3. The van der Waals surface area contributed by atoms with Crippen LogP contribution < -0.4 is 5.32 Å². The van der Waals surface area contributed by atoms with E-state index in [1.807, 2.05) is 10.8 Å². The molecule has 0 aliphatic heterocycles. The van der Waals surface area contributed by atoms with E-state index in [-0.39, 0.29) is 11.3 Å². The van der Waals surface area contributed by atoms with Crippen molar-refractivity contribution in [3.05, 3.63) is 34.7 Å². The molecule has 2 aromatic rings. The van der Waals surface area contributed by atoms with E-state index in [1.165, 1.54) is 0 Å². The third-order valence-corrected chi connectivity index (χ3v) is 2.90. The van der Waals surface area contributed by atoms with Crippen LogP contribution in [-0.2, 0) is 6.54 Å². The van der Waals surface area contributed by atoms with Crippen LogP contribution in [0.25, 0.3) is 0 Å². The Morgan fingerprint density at radius 2 is 2.41 bits per heavy atom. The molecule has 5 nitrogen and oxygen atoms in total. The Kier molecular flexibility index (Phi) is 3.96. The van der Waals surface area contributed by atoms with Crippen LogP contribution in [0.4, 0.5) is 5.82 Å². The van der Waals surface area contributed by atoms with Gasteiger partial charge in [-0.25, -0.2) is 9.97 Å². The number of halogens is 2. The van der Waals surface area contributed by atoms with Gasteiger partial charge in [-0.15, -0.1) is 0 Å². The lowest BCUT2D eigenvalue weighted by Gasteiger charge is -2.15. The third-order valence-electron chi connectivity index (χ3n) is 2.14. The van der Waals surface area contributed by atoms with Gasteiger partial charge in [0, 0.05) is 31.2 Å². The molecule has 0 spiro atoms. The highest BCUT2D eigenvalue weighted by Gasteiger charge is 2.08. The summed E-state index contributed by atoms with van der Waals surface area (Å²) in [4.78, 5) is 12.0. The molecule has 0 bridgehead atoms. The monoisotopic (exact) mass is 315 g/mol. The van der Waals surface area contributed by atoms with Crippen molar-refractivity contribution in [3.8, 4) is 0 Å². The van der Waals surface area contributed by atoms with Crippen LogP contribution >= 0.6 is 27.5 Å². The Morgan fingerprint density at radius 3 is 3.12 bits per heavy atom. The summed E-state index contributed by atoms with van der Waals surface area (Å²) in [7, 11) is 0. The zero-order valence-electron chi connectivity index (χ0n) is 9.14. The topological polar surface area (TPSA) is 55.6 Å². The Hall–Kier alpha value is -1.14. The molecular weight excluding hydrogens is 306 g/mol. The highest BCUT2D eigenvalue weighted by Crippen LogP contribution is 2.20. The van der Waals surface area contributed by atoms with E-state index in [1.54, 1.807) is 18.7 Å². The molecule has 2 aromatic heterocycles. The molecule has 2 heterocycles. The largest absolute Gasteiger partial charge is 0.365 e. The van der Waals surface area contributed by atoms with Crippen LogP contribution in [0.5, 0.6) is 0 Å². The number of aromatic nitrogens is 4. The smallest absolute Gasteiger partial charge is 0.224 e. The molecule has 0 saturated carbocycles. The maximum atomic E-state index is 5.74. The molecule has 90 valence electrons. The predicted octanol–water partition coefficient (Wildman–Crippen LogP) is 2.59. The quantitative estimate of drug-likeness (QED) is 0.881. The molecule has 17 heavy (non-hydrogen) atoms. The molecule has 0 amide bonds. The number of hydrogen-bond acceptors (Lipinski definition) is 4. The van der Waals surface area contributed by atoms with Crippen LogP contribution in [-0.4, -0.2) is 25.6 Å². The molecular formula is C10H11BrClN5. The van der Waals surface area contributed by atoms with Gasteiger partial charge in [0.1, 0.15) is 5.82 Å². The minimum absolute atomic E-state index is 0.200. The number of nitrogens with one attached hydrogen (secondary N) is 1. The molecule has 0 aromatic carbocycles. The van der Waals surface area contributed by atoms with E-state index in [9.17, 15) is 0 Å². The lowest BCUT2D eigenvalue weighted by molar-refractivity contribution is 0.616. The highest BCUT2D eigenvalue weighted by atomic mass is 79.9. The first-order valence-electron chi connectivity index (χ1n) is 5.05. The van der Waals surface area contributed by atoms with Gasteiger partial charge in [-0.05, 0) is 34.5 Å². The fourth-order valence-corrected chi connectivity index (χ4v) is 1.88. The average Bonchev–Trinajstić information content (AvgIpc) is 2.76. The van der Waals surface area contributed by atoms with E-state index < -0.39 is 0 Å². The summed E-state index contributed by atoms with van der Waals surface area (Å²) >= 11 is 9.12. The SMILES string of the molecule is CC(Cn1ccnc1)Nc1nc(Cl)ncc1Br. The van der Waals surface area contributed by atoms with Gasteiger partial charge in [0.25, 0.3) is 0 Å². The van der Waals surface area contributed by atoms with Crippen molar-refractivity contribution in [2.45, 2.75) is 19.5 Å². The Labute approximate surface area is 112 Å². The standard InChI is InChI=1S/C10H11BrClN5/c1-7(5-17-3-2-13-6-17)15-9-8(11)4-14-10(12)16-9/h2-4,6-7H,5H2,1H3,(H,14,15,16). The van der Waals surface area contributed by atoms with E-state index in [2.05, 4.69) is 43.1 Å². The minimum atomic E-state index is 0.200. The van der Waals surface area contributed by atoms with Crippen molar-refractivity contribution >= 4 is 33.3 Å². The Morgan fingerprint density at radius 1 is 1.59 bits per heavy atom. The molecule has 1 N–H and O–H groups in total. The van der Waals surface area contributed by atoms with E-state index in [0.29, 0.717) is 5.82 Å². The Balaban J connectivity index is 2.02. The highest BCUT2D eigenvalue weighted by molar-refractivity contribution is 9.10. The van der Waals surface area contributed by atoms with E-state index >= 15 is 0 Å². The predicted molar refractivity (Wildman–Crippen MR) is 70.1 cm³/mol. The van der Waals surface area contributed by atoms with Crippen molar-refractivity contribution in [1.29, 1.82) is 0 Å². The van der Waals surface area contributed by atoms with Gasteiger partial charge in [0.15, 0.2) is 0 Å². The first kappa shape index (κ1) is 12.3. The van der Waals surface area contributed by atoms with Crippen molar-refractivity contribution in [3.63, 3.8) is 0 Å². The second-order valence-corrected chi connectivity index (χ2v) is 4.83. The summed E-state index contributed by atoms with van der Waals surface area (Å²) in [6, 6.07) is 0.200. The second kappa shape index (κ2) is 5.46. The van der Waals surface area contributed by atoms with E-state index in [0.717, 1.165) is 11.0 Å². The normalized spacial score (nSPS) is 12.4. The van der Waals surface area contributed by atoms with Gasteiger partial charge >= 0.3 is 0 Å². The molecule has 1 unspecified atom stereocenters. The Bertz CT molecular complexity index is 487. The molecule has 2 rings (SSSR count). The third kappa shape index (κ3) is 3.41. The van der Waals surface area contributed by atoms with E-state index in [4.69, 9.17) is 11.6 Å². The van der Waals surface area contributed by atoms with Crippen molar-refractivity contribution in [2.24, 2.45) is 0 Å². The summed E-state index contributed by atoms with van der Waals surface area (Å²) in [5, 5.41) is 3.49. The zero-order chi connectivity index (χ0) is 12.3. The number of hydrogen-bond donors (Lipinski definition) is 1. The maximum Gasteiger partial charge on any atom is 0.224 e. The first-order valence-corrected chi connectivity index (χ1v) is 6.22. The first-order chi connectivity index (χ1) is 8.15. The van der Waals surface area contributed by atoms with Gasteiger partial charge in [0.2, 0.25) is 5.28 Å². The molecule has 1 atom stereocenters. The number of nitrogens with zero attached hydrogens (tertiary/aromatic N) is 4. The zero-order valence-corrected chi connectivity index (χ0v) is 11.5. The molecule has 0 fully saturated rings. The van der Waals surface area contributed by atoms with Crippen LogP contribution in [0.3, 0.4) is 0 Å². The fourth-order valence-electron chi connectivity index (χ4n) is 1.44. The van der Waals surface area contributed by atoms with Crippen molar-refractivity contribution in [2.75, 3.05) is 5.32 Å². The second-order valence-electron chi connectivity index (χ2n) is 3.64. The minimum Gasteiger partial charge on any atom is -0.365 e.